The lowest BCUT2D eigenvalue weighted by Crippen LogP contribution is -2.18. The summed E-state index contributed by atoms with van der Waals surface area (Å²) in [6.07, 6.45) is 2.83. The molecule has 10 N–H and O–H groups in total. The van der Waals surface area contributed by atoms with Crippen LogP contribution in [0.2, 0.25) is 0 Å². The van der Waals surface area contributed by atoms with Crippen molar-refractivity contribution in [2.75, 3.05) is 0 Å². The molecular weight excluding hydrogens is 276 g/mol. The molecule has 116 valence electrons. The van der Waals surface area contributed by atoms with Crippen molar-refractivity contribution in [1.29, 1.82) is 0 Å². The predicted octanol–water partition coefficient (Wildman–Crippen LogP) is -1.71. The molecule has 0 aromatic heterocycles. The van der Waals surface area contributed by atoms with Crippen LogP contribution in [0.5, 0.6) is 0 Å². The summed E-state index contributed by atoms with van der Waals surface area (Å²) in [6.45, 7) is 0. The molecule has 0 heterocycles. The zero-order chi connectivity index (χ0) is 14.6. The third kappa shape index (κ3) is 36.2. The molecule has 0 saturated carbocycles. The maximum absolute atomic E-state index is 9.72. The molecule has 0 fully saturated rings. The van der Waals surface area contributed by atoms with E-state index < -0.39 is 23.9 Å². The summed E-state index contributed by atoms with van der Waals surface area (Å²) in [5, 5.41) is 35.1. The lowest BCUT2D eigenvalue weighted by atomic mass is 10.4. The predicted molar refractivity (Wildman–Crippen MR) is 64.8 cm³/mol. The molecule has 20 heavy (non-hydrogen) atoms. The molecule has 10 nitrogen and oxygen atoms in total. The zero-order valence-corrected chi connectivity index (χ0v) is 11.1. The average Bonchev–Trinajstić information content (AvgIpc) is 2.15. The summed E-state index contributed by atoms with van der Waals surface area (Å²) in [5.41, 5.74) is 0. The fraction of sp³-hybridized carbons (Fsp3) is 0.200. The fourth-order valence-corrected chi connectivity index (χ4v) is 0.512. The standard InChI is InChI=1S/2C5H6O4.2H3N/c2*6-4(7)2-1-3-5(8)9;;/h2*1-2H,3H2,(H,6,7)(H,8,9);2*1H3/b2*2-1+;;. The number of carboxylic acid groups (broad SMARTS) is 4. The van der Waals surface area contributed by atoms with Gasteiger partial charge in [-0.3, -0.25) is 9.59 Å². The van der Waals surface area contributed by atoms with Gasteiger partial charge in [0, 0.05) is 0 Å². The molecule has 0 unspecified atom stereocenters. The minimum absolute atomic E-state index is 0. The van der Waals surface area contributed by atoms with Gasteiger partial charge in [0.1, 0.15) is 0 Å². The number of carboxylic acids is 4. The van der Waals surface area contributed by atoms with Crippen LogP contribution in [0, 0.1) is 0 Å². The van der Waals surface area contributed by atoms with Crippen molar-refractivity contribution in [1.82, 2.24) is 12.3 Å². The van der Waals surface area contributed by atoms with E-state index in [0.717, 1.165) is 12.2 Å². The molecule has 0 radical (unpaired) electrons. The van der Waals surface area contributed by atoms with Crippen molar-refractivity contribution in [2.24, 2.45) is 0 Å². The van der Waals surface area contributed by atoms with E-state index in [9.17, 15) is 29.4 Å². The van der Waals surface area contributed by atoms with Gasteiger partial charge in [-0.05, 0) is 12.2 Å². The summed E-state index contributed by atoms with van der Waals surface area (Å²) in [7, 11) is 0. The molecule has 10 heteroatoms. The quantitative estimate of drug-likeness (QED) is 0.411. The van der Waals surface area contributed by atoms with Crippen LogP contribution in [0.25, 0.3) is 0 Å². The van der Waals surface area contributed by atoms with Crippen LogP contribution in [0.1, 0.15) is 12.8 Å². The Hall–Kier alpha value is -2.72. The first-order valence-corrected chi connectivity index (χ1v) is 4.44. The Labute approximate surface area is 114 Å². The highest BCUT2D eigenvalue weighted by molar-refractivity contribution is 5.79. The number of aliphatic carboxylic acids is 4. The topological polar surface area (TPSA) is 228 Å². The Balaban J connectivity index is -0.000000116. The van der Waals surface area contributed by atoms with E-state index in [-0.39, 0.29) is 25.1 Å². The Morgan fingerprint density at radius 1 is 0.750 bits per heavy atom. The highest BCUT2D eigenvalue weighted by Gasteiger charge is 1.87. The van der Waals surface area contributed by atoms with Gasteiger partial charge in [-0.1, -0.05) is 12.2 Å². The van der Waals surface area contributed by atoms with Gasteiger partial charge < -0.3 is 42.3 Å². The van der Waals surface area contributed by atoms with Crippen LogP contribution in [0.4, 0.5) is 0 Å². The minimum atomic E-state index is -1.38. The number of quaternary nitrogens is 2. The first-order valence-electron chi connectivity index (χ1n) is 4.44. The second kappa shape index (κ2) is 16.3. The molecule has 0 saturated heterocycles. The molecule has 0 spiro atoms. The van der Waals surface area contributed by atoms with Crippen LogP contribution >= 0.6 is 0 Å². The maximum Gasteiger partial charge on any atom is 0.307 e. The largest absolute Gasteiger partial charge is 0.545 e. The van der Waals surface area contributed by atoms with Gasteiger partial charge in [0.2, 0.25) is 0 Å². The lowest BCUT2D eigenvalue weighted by Gasteiger charge is -1.87. The van der Waals surface area contributed by atoms with E-state index in [2.05, 4.69) is 0 Å². The molecule has 0 aliphatic carbocycles. The van der Waals surface area contributed by atoms with E-state index in [1.165, 1.54) is 0 Å². The van der Waals surface area contributed by atoms with Gasteiger partial charge in [-0.15, -0.1) is 0 Å². The van der Waals surface area contributed by atoms with Crippen molar-refractivity contribution >= 4 is 23.9 Å². The van der Waals surface area contributed by atoms with Gasteiger partial charge >= 0.3 is 11.9 Å². The molecular formula is C10H18N2O8. The Morgan fingerprint density at radius 3 is 1.15 bits per heavy atom. The molecule has 0 aliphatic heterocycles. The summed E-state index contributed by atoms with van der Waals surface area (Å²) in [4.78, 5) is 38.6. The van der Waals surface area contributed by atoms with Crippen molar-refractivity contribution in [2.45, 2.75) is 12.8 Å². The number of hydrogen-bond acceptors (Lipinski definition) is 6. The molecule has 0 atom stereocenters. The number of carbonyl (C=O) groups excluding carboxylic acids is 2. The number of carbonyl (C=O) groups is 4. The molecule has 0 aromatic rings. The average molecular weight is 294 g/mol. The van der Waals surface area contributed by atoms with E-state index in [0.29, 0.717) is 12.2 Å². The Kier molecular flexibility index (Phi) is 21.1. The third-order valence-electron chi connectivity index (χ3n) is 1.09. The van der Waals surface area contributed by atoms with E-state index in [1.807, 2.05) is 0 Å². The molecule has 0 rings (SSSR count). The zero-order valence-electron chi connectivity index (χ0n) is 11.1. The highest BCUT2D eigenvalue weighted by atomic mass is 16.4. The molecule has 0 bridgehead atoms. The first kappa shape index (κ1) is 26.0. The normalized spacial score (nSPS) is 8.80. The number of rotatable bonds is 6. The van der Waals surface area contributed by atoms with Gasteiger partial charge in [-0.2, -0.15) is 0 Å². The van der Waals surface area contributed by atoms with Gasteiger partial charge in [-0.25, -0.2) is 0 Å². The highest BCUT2D eigenvalue weighted by Crippen LogP contribution is 1.80. The lowest BCUT2D eigenvalue weighted by molar-refractivity contribution is -0.298. The maximum atomic E-state index is 9.72. The van der Waals surface area contributed by atoms with E-state index in [4.69, 9.17) is 10.2 Å². The Morgan fingerprint density at radius 2 is 1.00 bits per heavy atom. The van der Waals surface area contributed by atoms with Crippen molar-refractivity contribution in [3.63, 3.8) is 0 Å². The van der Waals surface area contributed by atoms with Crippen molar-refractivity contribution in [3.05, 3.63) is 24.3 Å². The van der Waals surface area contributed by atoms with E-state index in [1.54, 1.807) is 0 Å². The van der Waals surface area contributed by atoms with E-state index >= 15 is 0 Å². The number of hydrogen-bond donors (Lipinski definition) is 4. The summed E-state index contributed by atoms with van der Waals surface area (Å²) in [5.74, 6) is -4.88. The second-order valence-electron chi connectivity index (χ2n) is 2.64. The van der Waals surface area contributed by atoms with Crippen LogP contribution < -0.4 is 22.5 Å². The molecule has 0 amide bonds. The third-order valence-corrected chi connectivity index (χ3v) is 1.09. The summed E-state index contributed by atoms with van der Waals surface area (Å²) < 4.78 is 0. The van der Waals surface area contributed by atoms with Gasteiger partial charge in [0.15, 0.2) is 0 Å². The fourth-order valence-electron chi connectivity index (χ4n) is 0.512. The van der Waals surface area contributed by atoms with Gasteiger partial charge in [0.25, 0.3) is 0 Å². The first-order chi connectivity index (χ1) is 8.25. The molecule has 0 aliphatic rings. The SMILES string of the molecule is O=C([O-])/C=C/CC(=O)O.O=C([O-])/C=C/CC(=O)O.[NH4+].[NH4+]. The van der Waals surface area contributed by atoms with Crippen LogP contribution in [0.3, 0.4) is 0 Å². The molecule has 0 aromatic carbocycles. The van der Waals surface area contributed by atoms with Crippen molar-refractivity contribution in [3.8, 4) is 0 Å². The second-order valence-corrected chi connectivity index (χ2v) is 2.64. The monoisotopic (exact) mass is 294 g/mol. The summed E-state index contributed by atoms with van der Waals surface area (Å²) >= 11 is 0. The van der Waals surface area contributed by atoms with Crippen LogP contribution in [0.15, 0.2) is 24.3 Å². The smallest absolute Gasteiger partial charge is 0.307 e. The van der Waals surface area contributed by atoms with Crippen LogP contribution in [-0.2, 0) is 19.2 Å². The van der Waals surface area contributed by atoms with Crippen LogP contribution in [-0.4, -0.2) is 34.1 Å². The summed E-state index contributed by atoms with van der Waals surface area (Å²) in [6, 6.07) is 0. The van der Waals surface area contributed by atoms with Crippen molar-refractivity contribution < 1.29 is 39.6 Å². The Bertz CT molecular complexity index is 339. The van der Waals surface area contributed by atoms with Gasteiger partial charge in [0.05, 0.1) is 24.8 Å². The minimum Gasteiger partial charge on any atom is -0.545 e.